The van der Waals surface area contributed by atoms with Gasteiger partial charge in [0.1, 0.15) is 13.2 Å². The van der Waals surface area contributed by atoms with Crippen LogP contribution in [0, 0.1) is 0 Å². The van der Waals surface area contributed by atoms with Crippen molar-refractivity contribution in [1.82, 2.24) is 0 Å². The van der Waals surface area contributed by atoms with Gasteiger partial charge in [0.15, 0.2) is 11.5 Å². The molecule has 0 aromatic heterocycles. The second-order valence-electron chi connectivity index (χ2n) is 4.39. The van der Waals surface area contributed by atoms with Gasteiger partial charge in [-0.25, -0.2) is 8.42 Å². The van der Waals surface area contributed by atoms with Gasteiger partial charge in [0.2, 0.25) is 10.0 Å². The van der Waals surface area contributed by atoms with Gasteiger partial charge >= 0.3 is 5.97 Å². The number of rotatable bonds is 6. The molecule has 1 aliphatic heterocycles. The van der Waals surface area contributed by atoms with E-state index in [0.717, 1.165) is 0 Å². The highest BCUT2D eigenvalue weighted by Gasteiger charge is 2.18. The number of ether oxygens (including phenoxy) is 2. The van der Waals surface area contributed by atoms with E-state index in [9.17, 15) is 13.2 Å². The van der Waals surface area contributed by atoms with Gasteiger partial charge in [-0.1, -0.05) is 0 Å². The largest absolute Gasteiger partial charge is 0.486 e. The van der Waals surface area contributed by atoms with Gasteiger partial charge in [-0.3, -0.25) is 9.52 Å². The molecule has 7 nitrogen and oxygen atoms in total. The zero-order valence-corrected chi connectivity index (χ0v) is 13.4. The molecule has 0 saturated carbocycles. The van der Waals surface area contributed by atoms with E-state index < -0.39 is 16.0 Å². The van der Waals surface area contributed by atoms with E-state index >= 15 is 0 Å². The third kappa shape index (κ3) is 4.50. The third-order valence-corrected chi connectivity index (χ3v) is 4.71. The van der Waals surface area contributed by atoms with Crippen LogP contribution in [0.1, 0.15) is 12.8 Å². The summed E-state index contributed by atoms with van der Waals surface area (Å²) >= 11 is 3.26. The Hall–Kier alpha value is -1.48. The van der Waals surface area contributed by atoms with Gasteiger partial charge in [0.05, 0.1) is 11.4 Å². The number of aliphatic carboxylic acids is 1. The Morgan fingerprint density at radius 1 is 1.29 bits per heavy atom. The normalized spacial score (nSPS) is 13.8. The van der Waals surface area contributed by atoms with Crippen LogP contribution in [-0.2, 0) is 14.8 Å². The van der Waals surface area contributed by atoms with E-state index in [1.54, 1.807) is 6.07 Å². The highest BCUT2D eigenvalue weighted by atomic mass is 79.9. The van der Waals surface area contributed by atoms with Crippen molar-refractivity contribution in [1.29, 1.82) is 0 Å². The second-order valence-corrected chi connectivity index (χ2v) is 7.09. The Kier molecular flexibility index (Phi) is 4.94. The third-order valence-electron chi connectivity index (χ3n) is 2.70. The summed E-state index contributed by atoms with van der Waals surface area (Å²) in [6.45, 7) is 0.846. The van der Waals surface area contributed by atoms with Crippen molar-refractivity contribution in [2.75, 3.05) is 23.7 Å². The maximum atomic E-state index is 11.9. The first-order chi connectivity index (χ1) is 9.87. The molecule has 21 heavy (non-hydrogen) atoms. The number of halogens is 1. The van der Waals surface area contributed by atoms with Crippen molar-refractivity contribution in [3.63, 3.8) is 0 Å². The van der Waals surface area contributed by atoms with Gasteiger partial charge in [-0.15, -0.1) is 0 Å². The van der Waals surface area contributed by atoms with Gasteiger partial charge in [0, 0.05) is 23.0 Å². The van der Waals surface area contributed by atoms with Crippen LogP contribution in [0.2, 0.25) is 0 Å². The van der Waals surface area contributed by atoms with Crippen LogP contribution in [0.15, 0.2) is 16.6 Å². The maximum Gasteiger partial charge on any atom is 0.303 e. The predicted molar refractivity (Wildman–Crippen MR) is 79.4 cm³/mol. The van der Waals surface area contributed by atoms with Crippen molar-refractivity contribution in [2.24, 2.45) is 0 Å². The SMILES string of the molecule is O=C(O)CCCS(=O)(=O)Nc1cc2c(cc1Br)OCCO2. The number of carboxylic acids is 1. The molecule has 0 fully saturated rings. The number of anilines is 1. The minimum absolute atomic E-state index is 0.0484. The Morgan fingerprint density at radius 2 is 1.90 bits per heavy atom. The summed E-state index contributed by atoms with van der Waals surface area (Å²) in [6.07, 6.45) is -0.143. The summed E-state index contributed by atoms with van der Waals surface area (Å²) < 4.78 is 37.5. The molecule has 0 amide bonds. The van der Waals surface area contributed by atoms with Crippen molar-refractivity contribution in [3.8, 4) is 11.5 Å². The van der Waals surface area contributed by atoms with E-state index in [1.807, 2.05) is 0 Å². The molecule has 2 rings (SSSR count). The quantitative estimate of drug-likeness (QED) is 0.781. The minimum Gasteiger partial charge on any atom is -0.486 e. The lowest BCUT2D eigenvalue weighted by Crippen LogP contribution is -2.19. The summed E-state index contributed by atoms with van der Waals surface area (Å²) in [7, 11) is -3.62. The van der Waals surface area contributed by atoms with E-state index in [2.05, 4.69) is 20.7 Å². The van der Waals surface area contributed by atoms with Crippen LogP contribution in [0.25, 0.3) is 0 Å². The van der Waals surface area contributed by atoms with Crippen LogP contribution in [-0.4, -0.2) is 38.5 Å². The number of hydrogen-bond acceptors (Lipinski definition) is 5. The van der Waals surface area contributed by atoms with Crippen LogP contribution >= 0.6 is 15.9 Å². The summed E-state index contributed by atoms with van der Waals surface area (Å²) in [5.74, 6) is -0.277. The fourth-order valence-electron chi connectivity index (χ4n) is 1.77. The lowest BCUT2D eigenvalue weighted by Gasteiger charge is -2.20. The van der Waals surface area contributed by atoms with E-state index in [0.29, 0.717) is 34.9 Å². The molecule has 0 unspecified atom stereocenters. The van der Waals surface area contributed by atoms with Gasteiger partial charge in [-0.05, 0) is 22.4 Å². The predicted octanol–water partition coefficient (Wildman–Crippen LogP) is 1.83. The highest BCUT2D eigenvalue weighted by molar-refractivity contribution is 9.10. The lowest BCUT2D eigenvalue weighted by molar-refractivity contribution is -0.137. The Labute approximate surface area is 130 Å². The first kappa shape index (κ1) is 15.9. The second kappa shape index (κ2) is 6.52. The summed E-state index contributed by atoms with van der Waals surface area (Å²) in [5, 5.41) is 8.52. The molecule has 0 atom stereocenters. The Balaban J connectivity index is 2.09. The molecule has 9 heteroatoms. The minimum atomic E-state index is -3.62. The number of hydrogen-bond donors (Lipinski definition) is 2. The number of carbonyl (C=O) groups is 1. The first-order valence-corrected chi connectivity index (χ1v) is 8.63. The fourth-order valence-corrected chi connectivity index (χ4v) is 3.46. The summed E-state index contributed by atoms with van der Waals surface area (Å²) in [5.41, 5.74) is 0.328. The van der Waals surface area contributed by atoms with E-state index in [-0.39, 0.29) is 18.6 Å². The van der Waals surface area contributed by atoms with Crippen molar-refractivity contribution in [3.05, 3.63) is 16.6 Å². The Bertz CT molecular complexity index is 645. The molecule has 116 valence electrons. The fraction of sp³-hybridized carbons (Fsp3) is 0.417. The number of sulfonamides is 1. The molecule has 0 aliphatic carbocycles. The van der Waals surface area contributed by atoms with Crippen molar-refractivity contribution < 1.29 is 27.8 Å². The number of nitrogens with one attached hydrogen (secondary N) is 1. The molecular weight excluding hydrogens is 366 g/mol. The zero-order chi connectivity index (χ0) is 15.5. The van der Waals surface area contributed by atoms with Gasteiger partial charge in [-0.2, -0.15) is 0 Å². The van der Waals surface area contributed by atoms with Crippen LogP contribution in [0.5, 0.6) is 11.5 Å². The molecule has 0 radical (unpaired) electrons. The number of benzene rings is 1. The molecule has 1 aromatic rings. The highest BCUT2D eigenvalue weighted by Crippen LogP contribution is 2.38. The number of fused-ring (bicyclic) bond motifs is 1. The van der Waals surface area contributed by atoms with Crippen LogP contribution < -0.4 is 14.2 Å². The maximum absolute atomic E-state index is 11.9. The first-order valence-electron chi connectivity index (χ1n) is 6.19. The molecule has 0 saturated heterocycles. The monoisotopic (exact) mass is 379 g/mol. The molecule has 1 heterocycles. The smallest absolute Gasteiger partial charge is 0.303 e. The van der Waals surface area contributed by atoms with Crippen molar-refractivity contribution >= 4 is 37.6 Å². The van der Waals surface area contributed by atoms with E-state index in [1.165, 1.54) is 6.07 Å². The van der Waals surface area contributed by atoms with Crippen molar-refractivity contribution in [2.45, 2.75) is 12.8 Å². The molecule has 1 aromatic carbocycles. The standard InChI is InChI=1S/C12H14BrNO6S/c13-8-6-10-11(20-4-3-19-10)7-9(8)14-21(17,18)5-1-2-12(15)16/h6-7,14H,1-5H2,(H,15,16). The summed E-state index contributed by atoms with van der Waals surface area (Å²) in [4.78, 5) is 10.4. The molecular formula is C12H14BrNO6S. The molecule has 1 aliphatic rings. The molecule has 0 spiro atoms. The molecule has 2 N–H and O–H groups in total. The van der Waals surface area contributed by atoms with Crippen LogP contribution in [0.3, 0.4) is 0 Å². The average molecular weight is 380 g/mol. The zero-order valence-electron chi connectivity index (χ0n) is 11.0. The van der Waals surface area contributed by atoms with Crippen LogP contribution in [0.4, 0.5) is 5.69 Å². The number of carboxylic acid groups (broad SMARTS) is 1. The summed E-state index contributed by atoms with van der Waals surface area (Å²) in [6, 6.07) is 3.16. The van der Waals surface area contributed by atoms with Gasteiger partial charge < -0.3 is 14.6 Å². The topological polar surface area (TPSA) is 102 Å². The lowest BCUT2D eigenvalue weighted by atomic mass is 10.2. The Morgan fingerprint density at radius 3 is 2.52 bits per heavy atom. The van der Waals surface area contributed by atoms with Gasteiger partial charge in [0.25, 0.3) is 0 Å². The average Bonchev–Trinajstić information content (AvgIpc) is 2.38. The van der Waals surface area contributed by atoms with E-state index in [4.69, 9.17) is 14.6 Å². The molecule has 0 bridgehead atoms.